The average Bonchev–Trinajstić information content (AvgIpc) is 2.74. The van der Waals surface area contributed by atoms with Crippen molar-refractivity contribution < 1.29 is 4.74 Å². The molecule has 2 rings (SSSR count). The predicted molar refractivity (Wildman–Crippen MR) is 85.4 cm³/mol. The number of imidazole rings is 1. The predicted octanol–water partition coefficient (Wildman–Crippen LogP) is 4.72. The summed E-state index contributed by atoms with van der Waals surface area (Å²) in [6, 6.07) is 3.93. The van der Waals surface area contributed by atoms with E-state index in [1.54, 1.807) is 13.2 Å². The summed E-state index contributed by atoms with van der Waals surface area (Å²) in [7, 11) is 1.70. The molecule has 0 fully saturated rings. The van der Waals surface area contributed by atoms with Crippen LogP contribution in [0.4, 0.5) is 0 Å². The maximum atomic E-state index is 6.13. The lowest BCUT2D eigenvalue weighted by Gasteiger charge is -2.17. The molecule has 6 heteroatoms. The zero-order valence-corrected chi connectivity index (χ0v) is 13.8. The van der Waals surface area contributed by atoms with Crippen LogP contribution in [0.1, 0.15) is 25.2 Å². The Hall–Kier alpha value is -0.480. The molecule has 20 heavy (non-hydrogen) atoms. The number of alkyl halides is 1. The van der Waals surface area contributed by atoms with Gasteiger partial charge in [0.05, 0.1) is 21.1 Å². The van der Waals surface area contributed by atoms with Crippen molar-refractivity contribution in [1.82, 2.24) is 9.55 Å². The van der Waals surface area contributed by atoms with Crippen LogP contribution in [0.3, 0.4) is 0 Å². The van der Waals surface area contributed by atoms with E-state index in [0.717, 1.165) is 23.3 Å². The number of hydrogen-bond donors (Lipinski definition) is 0. The molecule has 1 aromatic carbocycles. The number of rotatable bonds is 6. The highest BCUT2D eigenvalue weighted by Crippen LogP contribution is 2.31. The van der Waals surface area contributed by atoms with Gasteiger partial charge in [0.2, 0.25) is 0 Å². The lowest BCUT2D eigenvalue weighted by atomic mass is 10.2. The van der Waals surface area contributed by atoms with E-state index in [9.17, 15) is 0 Å². The van der Waals surface area contributed by atoms with E-state index in [2.05, 4.69) is 16.5 Å². The minimum absolute atomic E-state index is 0.260. The first kappa shape index (κ1) is 15.9. The summed E-state index contributed by atoms with van der Waals surface area (Å²) in [5, 5.41) is 1.06. The lowest BCUT2D eigenvalue weighted by Crippen LogP contribution is -2.12. The number of aromatic nitrogens is 2. The highest BCUT2D eigenvalue weighted by atomic mass is 35.5. The Morgan fingerprint density at radius 3 is 2.65 bits per heavy atom. The topological polar surface area (TPSA) is 27.1 Å². The van der Waals surface area contributed by atoms with Crippen LogP contribution in [0, 0.1) is 0 Å². The van der Waals surface area contributed by atoms with Gasteiger partial charge in [-0.25, -0.2) is 4.98 Å². The van der Waals surface area contributed by atoms with Gasteiger partial charge >= 0.3 is 0 Å². The number of fused-ring (bicyclic) bond motifs is 1. The minimum atomic E-state index is 0.260. The molecule has 0 spiro atoms. The van der Waals surface area contributed by atoms with Crippen LogP contribution in [0.5, 0.6) is 0 Å². The van der Waals surface area contributed by atoms with Crippen molar-refractivity contribution in [3.05, 3.63) is 28.0 Å². The lowest BCUT2D eigenvalue weighted by molar-refractivity contribution is 0.181. The smallest absolute Gasteiger partial charge is 0.111 e. The van der Waals surface area contributed by atoms with E-state index < -0.39 is 0 Å². The highest BCUT2D eigenvalue weighted by Gasteiger charge is 2.17. The summed E-state index contributed by atoms with van der Waals surface area (Å²) in [6.07, 6.45) is 1.61. The Labute approximate surface area is 133 Å². The first-order chi connectivity index (χ1) is 9.58. The molecule has 0 aliphatic heterocycles. The molecule has 0 aliphatic carbocycles. The molecule has 1 unspecified atom stereocenters. The SMILES string of the molecule is COCCC(C)n1c(CCCl)nc2cc(Cl)c(Cl)cc21. The summed E-state index contributed by atoms with van der Waals surface area (Å²) in [5.74, 6) is 1.49. The Kier molecular flexibility index (Phi) is 5.56. The number of nitrogens with zero attached hydrogens (tertiary/aromatic N) is 2. The maximum Gasteiger partial charge on any atom is 0.111 e. The van der Waals surface area contributed by atoms with Crippen molar-refractivity contribution in [2.24, 2.45) is 0 Å². The zero-order valence-electron chi connectivity index (χ0n) is 11.5. The second kappa shape index (κ2) is 6.99. The Balaban J connectivity index is 2.52. The van der Waals surface area contributed by atoms with E-state index in [0.29, 0.717) is 29.0 Å². The number of methoxy groups -OCH3 is 1. The van der Waals surface area contributed by atoms with Crippen LogP contribution >= 0.6 is 34.8 Å². The van der Waals surface area contributed by atoms with E-state index in [4.69, 9.17) is 39.5 Å². The molecule has 0 saturated carbocycles. The number of hydrogen-bond acceptors (Lipinski definition) is 2. The number of ether oxygens (including phenoxy) is 1. The Morgan fingerprint density at radius 2 is 2.00 bits per heavy atom. The number of halogens is 3. The number of aryl methyl sites for hydroxylation is 1. The molecule has 0 aliphatic rings. The van der Waals surface area contributed by atoms with Crippen LogP contribution in [-0.4, -0.2) is 29.1 Å². The standard InChI is InChI=1S/C14H17Cl3N2O/c1-9(4-6-20-2)19-13-8-11(17)10(16)7-12(13)18-14(19)3-5-15/h7-9H,3-6H2,1-2H3. The number of benzene rings is 1. The Morgan fingerprint density at radius 1 is 1.30 bits per heavy atom. The zero-order chi connectivity index (χ0) is 14.7. The van der Waals surface area contributed by atoms with Crippen LogP contribution in [0.15, 0.2) is 12.1 Å². The van der Waals surface area contributed by atoms with Crippen LogP contribution in [0.2, 0.25) is 10.0 Å². The fourth-order valence-corrected chi connectivity index (χ4v) is 2.80. The molecule has 1 aromatic heterocycles. The molecule has 3 nitrogen and oxygen atoms in total. The summed E-state index contributed by atoms with van der Waals surface area (Å²) in [5.41, 5.74) is 1.84. The molecule has 0 amide bonds. The van der Waals surface area contributed by atoms with Gasteiger partial charge in [-0.3, -0.25) is 0 Å². The third-order valence-electron chi connectivity index (χ3n) is 3.30. The van der Waals surface area contributed by atoms with Gasteiger partial charge in [0, 0.05) is 32.1 Å². The van der Waals surface area contributed by atoms with E-state index in [1.165, 1.54) is 0 Å². The van der Waals surface area contributed by atoms with E-state index >= 15 is 0 Å². The first-order valence-corrected chi connectivity index (χ1v) is 7.78. The quantitative estimate of drug-likeness (QED) is 0.714. The van der Waals surface area contributed by atoms with Gasteiger partial charge in [-0.05, 0) is 25.5 Å². The maximum absolute atomic E-state index is 6.13. The molecule has 0 saturated heterocycles. The van der Waals surface area contributed by atoms with Gasteiger partial charge in [-0.15, -0.1) is 11.6 Å². The van der Waals surface area contributed by atoms with Crippen molar-refractivity contribution in [1.29, 1.82) is 0 Å². The van der Waals surface area contributed by atoms with Gasteiger partial charge in [-0.1, -0.05) is 23.2 Å². The normalized spacial score (nSPS) is 13.1. The highest BCUT2D eigenvalue weighted by molar-refractivity contribution is 6.42. The second-order valence-electron chi connectivity index (χ2n) is 4.72. The molecule has 2 aromatic rings. The fourth-order valence-electron chi connectivity index (χ4n) is 2.31. The van der Waals surface area contributed by atoms with Crippen molar-refractivity contribution in [3.63, 3.8) is 0 Å². The molecular weight excluding hydrogens is 319 g/mol. The molecule has 1 heterocycles. The summed E-state index contributed by atoms with van der Waals surface area (Å²) >= 11 is 18.1. The first-order valence-electron chi connectivity index (χ1n) is 6.49. The second-order valence-corrected chi connectivity index (χ2v) is 5.91. The summed E-state index contributed by atoms with van der Waals surface area (Å²) in [6.45, 7) is 2.84. The molecule has 0 radical (unpaired) electrons. The molecular formula is C14H17Cl3N2O. The van der Waals surface area contributed by atoms with E-state index in [1.807, 2.05) is 6.07 Å². The van der Waals surface area contributed by atoms with Crippen molar-refractivity contribution in [3.8, 4) is 0 Å². The van der Waals surface area contributed by atoms with Gasteiger partial charge < -0.3 is 9.30 Å². The van der Waals surface area contributed by atoms with Gasteiger partial charge in [0.25, 0.3) is 0 Å². The Bertz CT molecular complexity index is 598. The monoisotopic (exact) mass is 334 g/mol. The van der Waals surface area contributed by atoms with Crippen molar-refractivity contribution in [2.75, 3.05) is 19.6 Å². The summed E-state index contributed by atoms with van der Waals surface area (Å²) in [4.78, 5) is 4.63. The molecule has 0 bridgehead atoms. The van der Waals surface area contributed by atoms with Gasteiger partial charge in [0.15, 0.2) is 0 Å². The van der Waals surface area contributed by atoms with E-state index in [-0.39, 0.29) is 6.04 Å². The average molecular weight is 336 g/mol. The van der Waals surface area contributed by atoms with Crippen molar-refractivity contribution >= 4 is 45.8 Å². The van der Waals surface area contributed by atoms with Crippen LogP contribution in [-0.2, 0) is 11.2 Å². The molecule has 1 atom stereocenters. The fraction of sp³-hybridized carbons (Fsp3) is 0.500. The third kappa shape index (κ3) is 3.22. The third-order valence-corrected chi connectivity index (χ3v) is 4.21. The molecule has 110 valence electrons. The van der Waals surface area contributed by atoms with Crippen molar-refractivity contribution in [2.45, 2.75) is 25.8 Å². The van der Waals surface area contributed by atoms with Gasteiger partial charge in [0.1, 0.15) is 5.82 Å². The summed E-state index contributed by atoms with van der Waals surface area (Å²) < 4.78 is 7.34. The van der Waals surface area contributed by atoms with Gasteiger partial charge in [-0.2, -0.15) is 0 Å². The largest absolute Gasteiger partial charge is 0.385 e. The minimum Gasteiger partial charge on any atom is -0.385 e. The van der Waals surface area contributed by atoms with Crippen LogP contribution < -0.4 is 0 Å². The molecule has 0 N–H and O–H groups in total. The van der Waals surface area contributed by atoms with Crippen LogP contribution in [0.25, 0.3) is 11.0 Å².